The molecule has 0 unspecified atom stereocenters. The fourth-order valence-corrected chi connectivity index (χ4v) is 1.27. The van der Waals surface area contributed by atoms with Gasteiger partial charge in [-0.15, -0.1) is 0 Å². The summed E-state index contributed by atoms with van der Waals surface area (Å²) in [5, 5.41) is 8.66. The quantitative estimate of drug-likeness (QED) is 0.753. The van der Waals surface area contributed by atoms with Crippen LogP contribution in [0.3, 0.4) is 0 Å². The van der Waals surface area contributed by atoms with Crippen LogP contribution in [0.5, 0.6) is 5.88 Å². The summed E-state index contributed by atoms with van der Waals surface area (Å²) in [5.74, 6) is -0.856. The van der Waals surface area contributed by atoms with Gasteiger partial charge in [-0.25, -0.2) is 4.79 Å². The fourth-order valence-electron chi connectivity index (χ4n) is 1.27. The summed E-state index contributed by atoms with van der Waals surface area (Å²) in [5.41, 5.74) is -0.102. The van der Waals surface area contributed by atoms with Crippen LogP contribution in [0.25, 0.3) is 0 Å². The molecule has 0 aliphatic rings. The smallest absolute Gasteiger partial charge is 0.351 e. The van der Waals surface area contributed by atoms with Crippen molar-refractivity contribution in [2.75, 3.05) is 7.11 Å². The van der Waals surface area contributed by atoms with E-state index in [0.29, 0.717) is 12.2 Å². The number of carbonyl (C=O) groups is 1. The number of aromatic nitrogens is 2. The normalized spacial score (nSPS) is 10.0. The van der Waals surface area contributed by atoms with E-state index in [1.165, 1.54) is 17.7 Å². The number of aliphatic carboxylic acids is 1. The van der Waals surface area contributed by atoms with Crippen LogP contribution in [0.2, 0.25) is 0 Å². The Morgan fingerprint density at radius 3 is 2.80 bits per heavy atom. The van der Waals surface area contributed by atoms with Crippen molar-refractivity contribution in [3.8, 4) is 5.88 Å². The molecule has 15 heavy (non-hydrogen) atoms. The molecule has 0 aliphatic heterocycles. The van der Waals surface area contributed by atoms with E-state index in [4.69, 9.17) is 9.84 Å². The summed E-state index contributed by atoms with van der Waals surface area (Å²) < 4.78 is 6.10. The van der Waals surface area contributed by atoms with E-state index in [1.807, 2.05) is 0 Å². The molecule has 1 rings (SSSR count). The number of methoxy groups -OCH3 is 1. The molecule has 0 radical (unpaired) electrons. The summed E-state index contributed by atoms with van der Waals surface area (Å²) in [6, 6.07) is 1.46. The summed E-state index contributed by atoms with van der Waals surface area (Å²) in [7, 11) is 1.38. The molecule has 82 valence electrons. The Morgan fingerprint density at radius 1 is 1.67 bits per heavy atom. The lowest BCUT2D eigenvalue weighted by atomic mass is 10.3. The molecule has 0 atom stereocenters. The zero-order valence-corrected chi connectivity index (χ0v) is 8.56. The first kappa shape index (κ1) is 11.2. The molecule has 1 aromatic heterocycles. The standard InChI is InChI=1S/C9H12N2O4/c1-3-11-6(5-8(12)13)4-7(15-2)10-9(11)14/h4H,3,5H2,1-2H3,(H,12,13). The average Bonchev–Trinajstić information content (AvgIpc) is 2.16. The molecule has 0 saturated carbocycles. The molecule has 0 spiro atoms. The van der Waals surface area contributed by atoms with E-state index in [-0.39, 0.29) is 12.3 Å². The van der Waals surface area contributed by atoms with Gasteiger partial charge in [0, 0.05) is 18.3 Å². The highest BCUT2D eigenvalue weighted by Gasteiger charge is 2.10. The predicted molar refractivity (Wildman–Crippen MR) is 52.1 cm³/mol. The number of rotatable bonds is 4. The van der Waals surface area contributed by atoms with Gasteiger partial charge in [0.1, 0.15) is 0 Å². The van der Waals surface area contributed by atoms with Gasteiger partial charge in [-0.2, -0.15) is 4.98 Å². The first-order valence-corrected chi connectivity index (χ1v) is 4.45. The monoisotopic (exact) mass is 212 g/mol. The van der Waals surface area contributed by atoms with Gasteiger partial charge < -0.3 is 9.84 Å². The van der Waals surface area contributed by atoms with Crippen molar-refractivity contribution in [1.29, 1.82) is 0 Å². The molecular weight excluding hydrogens is 200 g/mol. The Hall–Kier alpha value is -1.85. The minimum atomic E-state index is -0.996. The van der Waals surface area contributed by atoms with Crippen molar-refractivity contribution in [2.45, 2.75) is 19.9 Å². The number of ether oxygens (including phenoxy) is 1. The van der Waals surface area contributed by atoms with E-state index in [2.05, 4.69) is 4.98 Å². The van der Waals surface area contributed by atoms with Crippen LogP contribution < -0.4 is 10.4 Å². The number of carboxylic acids is 1. The van der Waals surface area contributed by atoms with E-state index in [9.17, 15) is 9.59 Å². The second-order valence-corrected chi connectivity index (χ2v) is 2.89. The Bertz CT molecular complexity index is 425. The molecule has 0 saturated heterocycles. The zero-order valence-electron chi connectivity index (χ0n) is 8.56. The van der Waals surface area contributed by atoms with Crippen molar-refractivity contribution >= 4 is 5.97 Å². The highest BCUT2D eigenvalue weighted by atomic mass is 16.5. The SMILES string of the molecule is CCn1c(CC(=O)O)cc(OC)nc1=O. The average molecular weight is 212 g/mol. The van der Waals surface area contributed by atoms with Crippen LogP contribution in [-0.2, 0) is 17.8 Å². The van der Waals surface area contributed by atoms with Crippen LogP contribution in [0, 0.1) is 0 Å². The first-order chi connectivity index (χ1) is 7.08. The van der Waals surface area contributed by atoms with Gasteiger partial charge in [0.25, 0.3) is 0 Å². The lowest BCUT2D eigenvalue weighted by Gasteiger charge is -2.09. The Labute approximate surface area is 86.1 Å². The maximum Gasteiger partial charge on any atom is 0.351 e. The van der Waals surface area contributed by atoms with E-state index >= 15 is 0 Å². The van der Waals surface area contributed by atoms with Gasteiger partial charge >= 0.3 is 11.7 Å². The number of hydrogen-bond acceptors (Lipinski definition) is 4. The molecule has 0 bridgehead atoms. The summed E-state index contributed by atoms with van der Waals surface area (Å²) in [4.78, 5) is 25.6. The highest BCUT2D eigenvalue weighted by Crippen LogP contribution is 2.07. The van der Waals surface area contributed by atoms with Gasteiger partial charge in [-0.3, -0.25) is 9.36 Å². The minimum absolute atomic E-state index is 0.140. The maximum absolute atomic E-state index is 11.4. The Kier molecular flexibility index (Phi) is 3.43. The lowest BCUT2D eigenvalue weighted by molar-refractivity contribution is -0.136. The second-order valence-electron chi connectivity index (χ2n) is 2.89. The zero-order chi connectivity index (χ0) is 11.4. The Balaban J connectivity index is 3.25. The molecule has 0 amide bonds. The number of carboxylic acid groups (broad SMARTS) is 1. The highest BCUT2D eigenvalue weighted by molar-refractivity contribution is 5.69. The molecular formula is C9H12N2O4. The molecule has 1 aromatic rings. The summed E-state index contributed by atoms with van der Waals surface area (Å²) >= 11 is 0. The topological polar surface area (TPSA) is 81.4 Å². The molecule has 0 aliphatic carbocycles. The predicted octanol–water partition coefficient (Wildman–Crippen LogP) is -0.101. The first-order valence-electron chi connectivity index (χ1n) is 4.45. The summed E-state index contributed by atoms with van der Waals surface area (Å²) in [6.07, 6.45) is -0.220. The van der Waals surface area contributed by atoms with Crippen LogP contribution in [0.1, 0.15) is 12.6 Å². The maximum atomic E-state index is 11.4. The van der Waals surface area contributed by atoms with Gasteiger partial charge in [0.2, 0.25) is 5.88 Å². The molecule has 1 N–H and O–H groups in total. The van der Waals surface area contributed by atoms with Crippen LogP contribution in [0.4, 0.5) is 0 Å². The van der Waals surface area contributed by atoms with Crippen molar-refractivity contribution < 1.29 is 14.6 Å². The van der Waals surface area contributed by atoms with Crippen LogP contribution in [0.15, 0.2) is 10.9 Å². The van der Waals surface area contributed by atoms with Crippen LogP contribution >= 0.6 is 0 Å². The largest absolute Gasteiger partial charge is 0.481 e. The van der Waals surface area contributed by atoms with E-state index < -0.39 is 11.7 Å². The van der Waals surface area contributed by atoms with Gasteiger partial charge in [-0.1, -0.05) is 0 Å². The van der Waals surface area contributed by atoms with Crippen molar-refractivity contribution in [2.24, 2.45) is 0 Å². The molecule has 0 fully saturated rings. The number of hydrogen-bond donors (Lipinski definition) is 1. The second kappa shape index (κ2) is 4.59. The fraction of sp³-hybridized carbons (Fsp3) is 0.444. The van der Waals surface area contributed by atoms with Gasteiger partial charge in [-0.05, 0) is 6.92 Å². The van der Waals surface area contributed by atoms with Crippen LogP contribution in [-0.4, -0.2) is 27.7 Å². The molecule has 6 heteroatoms. The third-order valence-electron chi connectivity index (χ3n) is 1.93. The molecule has 0 aromatic carbocycles. The third kappa shape index (κ3) is 2.55. The van der Waals surface area contributed by atoms with Crippen molar-refractivity contribution in [1.82, 2.24) is 9.55 Å². The third-order valence-corrected chi connectivity index (χ3v) is 1.93. The van der Waals surface area contributed by atoms with E-state index in [1.54, 1.807) is 6.92 Å². The van der Waals surface area contributed by atoms with E-state index in [0.717, 1.165) is 0 Å². The summed E-state index contributed by atoms with van der Waals surface area (Å²) in [6.45, 7) is 2.14. The molecule has 1 heterocycles. The lowest BCUT2D eigenvalue weighted by Crippen LogP contribution is -2.26. The minimum Gasteiger partial charge on any atom is -0.481 e. The number of nitrogens with zero attached hydrogens (tertiary/aromatic N) is 2. The van der Waals surface area contributed by atoms with Crippen molar-refractivity contribution in [3.63, 3.8) is 0 Å². The van der Waals surface area contributed by atoms with Crippen molar-refractivity contribution in [3.05, 3.63) is 22.2 Å². The van der Waals surface area contributed by atoms with Gasteiger partial charge in [0.15, 0.2) is 0 Å². The molecule has 6 nitrogen and oxygen atoms in total. The Morgan fingerprint density at radius 2 is 2.33 bits per heavy atom. The van der Waals surface area contributed by atoms with Gasteiger partial charge in [0.05, 0.1) is 13.5 Å².